The van der Waals surface area contributed by atoms with Crippen molar-refractivity contribution in [3.63, 3.8) is 0 Å². The number of hydrogen-bond donors (Lipinski definition) is 7. The van der Waals surface area contributed by atoms with Crippen molar-refractivity contribution in [3.8, 4) is 0 Å². The van der Waals surface area contributed by atoms with Crippen molar-refractivity contribution >= 4 is 16.0 Å². The van der Waals surface area contributed by atoms with E-state index in [-0.39, 0.29) is 13.0 Å². The van der Waals surface area contributed by atoms with E-state index in [1.165, 1.54) is 0 Å². The fourth-order valence-corrected chi connectivity index (χ4v) is 2.59. The van der Waals surface area contributed by atoms with E-state index in [4.69, 9.17) is 24.9 Å². The Kier molecular flexibility index (Phi) is 8.59. The van der Waals surface area contributed by atoms with Crippen LogP contribution in [0.4, 0.5) is 0 Å². The van der Waals surface area contributed by atoms with Crippen LogP contribution in [0.2, 0.25) is 0 Å². The zero-order valence-electron chi connectivity index (χ0n) is 13.3. The predicted molar refractivity (Wildman–Crippen MR) is 81.7 cm³/mol. The number of ether oxygens (including phenoxy) is 2. The fourth-order valence-electron chi connectivity index (χ4n) is 2.08. The van der Waals surface area contributed by atoms with Crippen LogP contribution in [0, 0.1) is 0 Å². The largest absolute Gasteiger partial charge is 0.394 e. The third-order valence-corrected chi connectivity index (χ3v) is 4.31. The average molecular weight is 388 g/mol. The first-order valence-electron chi connectivity index (χ1n) is 7.47. The number of nitrogens with one attached hydrogen (secondary N) is 1. The Bertz CT molecular complexity index is 528. The van der Waals surface area contributed by atoms with Crippen LogP contribution in [0.3, 0.4) is 0 Å². The van der Waals surface area contributed by atoms with Crippen molar-refractivity contribution < 1.29 is 47.7 Å². The van der Waals surface area contributed by atoms with Crippen molar-refractivity contribution in [1.29, 1.82) is 0 Å². The number of aliphatic hydroxyl groups is 4. The van der Waals surface area contributed by atoms with Gasteiger partial charge in [-0.05, 0) is 6.42 Å². The summed E-state index contributed by atoms with van der Waals surface area (Å²) in [5, 5.41) is 40.4. The molecule has 0 bridgehead atoms. The van der Waals surface area contributed by atoms with Gasteiger partial charge in [0.15, 0.2) is 6.29 Å². The van der Waals surface area contributed by atoms with Crippen molar-refractivity contribution in [1.82, 2.24) is 5.32 Å². The third kappa shape index (κ3) is 7.08. The molecular formula is C12H24N2O10S. The summed E-state index contributed by atoms with van der Waals surface area (Å²) in [5.74, 6) is -1.18. The van der Waals surface area contributed by atoms with Gasteiger partial charge in [0.1, 0.15) is 30.5 Å². The Morgan fingerprint density at radius 2 is 1.88 bits per heavy atom. The normalized spacial score (nSPS) is 31.5. The minimum atomic E-state index is -4.11. The van der Waals surface area contributed by atoms with Gasteiger partial charge in [0.2, 0.25) is 5.91 Å². The number of nitrogens with two attached hydrogens (primary N) is 1. The molecule has 1 heterocycles. The number of aliphatic hydroxyl groups excluding tert-OH is 4. The molecule has 1 aliphatic heterocycles. The molecule has 6 atom stereocenters. The van der Waals surface area contributed by atoms with Gasteiger partial charge < -0.3 is 41.0 Å². The van der Waals surface area contributed by atoms with Crippen LogP contribution in [0.1, 0.15) is 6.42 Å². The summed E-state index contributed by atoms with van der Waals surface area (Å²) in [4.78, 5) is 11.7. The standard InChI is InChI=1S/C12H24N2O10S/c13-6(11(19)14-2-1-3-25(20,21)22)5-23-12-10(18)9(17)8(16)7(4-15)24-12/h6-10,12,15-18H,1-5,13H2,(H,14,19)(H,20,21,22)/t6?,7-,8-,9+,10-,12?/m1/s1. The molecule has 0 saturated carbocycles. The van der Waals surface area contributed by atoms with Crippen LogP contribution in [0.15, 0.2) is 0 Å². The summed E-state index contributed by atoms with van der Waals surface area (Å²) in [5.41, 5.74) is 5.57. The zero-order chi connectivity index (χ0) is 19.2. The van der Waals surface area contributed by atoms with Gasteiger partial charge in [-0.3, -0.25) is 9.35 Å². The number of carbonyl (C=O) groups is 1. The molecule has 0 aromatic rings. The fraction of sp³-hybridized carbons (Fsp3) is 0.917. The molecule has 25 heavy (non-hydrogen) atoms. The van der Waals surface area contributed by atoms with E-state index in [1.807, 2.05) is 0 Å². The molecule has 1 rings (SSSR count). The zero-order valence-corrected chi connectivity index (χ0v) is 14.1. The van der Waals surface area contributed by atoms with Crippen LogP contribution < -0.4 is 11.1 Å². The smallest absolute Gasteiger partial charge is 0.264 e. The lowest BCUT2D eigenvalue weighted by atomic mass is 9.99. The van der Waals surface area contributed by atoms with Crippen LogP contribution in [-0.2, 0) is 24.4 Å². The van der Waals surface area contributed by atoms with Gasteiger partial charge >= 0.3 is 0 Å². The van der Waals surface area contributed by atoms with E-state index in [0.717, 1.165) is 0 Å². The summed E-state index contributed by atoms with van der Waals surface area (Å²) >= 11 is 0. The minimum absolute atomic E-state index is 0.00907. The van der Waals surface area contributed by atoms with Crippen molar-refractivity contribution in [2.75, 3.05) is 25.5 Å². The van der Waals surface area contributed by atoms with Crippen LogP contribution in [0.5, 0.6) is 0 Å². The van der Waals surface area contributed by atoms with Crippen LogP contribution in [0.25, 0.3) is 0 Å². The molecule has 0 spiro atoms. The van der Waals surface area contributed by atoms with E-state index in [2.05, 4.69) is 5.32 Å². The van der Waals surface area contributed by atoms with E-state index in [1.54, 1.807) is 0 Å². The molecule has 148 valence electrons. The molecule has 1 fully saturated rings. The highest BCUT2D eigenvalue weighted by atomic mass is 32.2. The third-order valence-electron chi connectivity index (χ3n) is 3.50. The van der Waals surface area contributed by atoms with Crippen LogP contribution >= 0.6 is 0 Å². The van der Waals surface area contributed by atoms with Gasteiger partial charge in [0.25, 0.3) is 10.1 Å². The second kappa shape index (κ2) is 9.70. The summed E-state index contributed by atoms with van der Waals surface area (Å²) in [6, 6.07) is -1.18. The van der Waals surface area contributed by atoms with Crippen molar-refractivity contribution in [2.24, 2.45) is 5.73 Å². The molecule has 0 aliphatic carbocycles. The molecule has 1 saturated heterocycles. The van der Waals surface area contributed by atoms with E-state index in [9.17, 15) is 28.5 Å². The van der Waals surface area contributed by atoms with Gasteiger partial charge in [-0.1, -0.05) is 0 Å². The van der Waals surface area contributed by atoms with Gasteiger partial charge in [-0.25, -0.2) is 0 Å². The maximum Gasteiger partial charge on any atom is 0.264 e. The monoisotopic (exact) mass is 388 g/mol. The van der Waals surface area contributed by atoms with Gasteiger partial charge in [0.05, 0.1) is 19.0 Å². The van der Waals surface area contributed by atoms with Gasteiger partial charge in [-0.2, -0.15) is 8.42 Å². The molecule has 12 nitrogen and oxygen atoms in total. The second-order valence-corrected chi connectivity index (χ2v) is 7.14. The Hall–Kier alpha value is -0.900. The lowest BCUT2D eigenvalue weighted by molar-refractivity contribution is -0.301. The number of rotatable bonds is 9. The lowest BCUT2D eigenvalue weighted by Crippen LogP contribution is -2.59. The Morgan fingerprint density at radius 1 is 1.24 bits per heavy atom. The summed E-state index contributed by atoms with van der Waals surface area (Å²) in [6.45, 7) is -1.07. The van der Waals surface area contributed by atoms with Crippen molar-refractivity contribution in [3.05, 3.63) is 0 Å². The number of carbonyl (C=O) groups excluding carboxylic acids is 1. The molecule has 13 heteroatoms. The van der Waals surface area contributed by atoms with E-state index in [0.29, 0.717) is 0 Å². The van der Waals surface area contributed by atoms with Crippen molar-refractivity contribution in [2.45, 2.75) is 43.2 Å². The first-order chi connectivity index (χ1) is 11.6. The van der Waals surface area contributed by atoms with Gasteiger partial charge in [0, 0.05) is 6.54 Å². The maximum absolute atomic E-state index is 11.7. The van der Waals surface area contributed by atoms with Crippen LogP contribution in [-0.4, -0.2) is 102 Å². The minimum Gasteiger partial charge on any atom is -0.394 e. The second-order valence-electron chi connectivity index (χ2n) is 5.57. The SMILES string of the molecule is NC(COC1O[C@H](CO)[C@@H](O)[C@H](O)[C@H]1O)C(=O)NCCCS(=O)(=O)O. The van der Waals surface area contributed by atoms with E-state index >= 15 is 0 Å². The topological polar surface area (TPSA) is 209 Å². The highest BCUT2D eigenvalue weighted by Gasteiger charge is 2.44. The highest BCUT2D eigenvalue weighted by Crippen LogP contribution is 2.21. The molecule has 2 unspecified atom stereocenters. The van der Waals surface area contributed by atoms with E-state index < -0.39 is 71.7 Å². The summed E-state index contributed by atoms with van der Waals surface area (Å²) in [7, 11) is -4.11. The predicted octanol–water partition coefficient (Wildman–Crippen LogP) is -4.48. The first kappa shape index (κ1) is 22.1. The number of amides is 1. The van der Waals surface area contributed by atoms with Gasteiger partial charge in [-0.15, -0.1) is 0 Å². The molecule has 0 aromatic heterocycles. The lowest BCUT2D eigenvalue weighted by Gasteiger charge is -2.39. The quantitative estimate of drug-likeness (QED) is 0.148. The Balaban J connectivity index is 2.39. The molecule has 0 aromatic carbocycles. The number of hydrogen-bond acceptors (Lipinski definition) is 10. The summed E-state index contributed by atoms with van der Waals surface area (Å²) < 4.78 is 39.8. The molecular weight excluding hydrogens is 364 g/mol. The Morgan fingerprint density at radius 3 is 2.44 bits per heavy atom. The molecule has 0 radical (unpaired) electrons. The summed E-state index contributed by atoms with van der Waals surface area (Å²) in [6.07, 6.45) is -7.31. The molecule has 1 aliphatic rings. The molecule has 1 amide bonds. The molecule has 8 N–H and O–H groups in total. The highest BCUT2D eigenvalue weighted by molar-refractivity contribution is 7.85. The average Bonchev–Trinajstić information content (AvgIpc) is 2.54. The maximum atomic E-state index is 11.7. The Labute approximate surface area is 144 Å². The first-order valence-corrected chi connectivity index (χ1v) is 9.08.